The van der Waals surface area contributed by atoms with Gasteiger partial charge in [0.15, 0.2) is 5.13 Å². The van der Waals surface area contributed by atoms with Crippen LogP contribution in [0.3, 0.4) is 0 Å². The summed E-state index contributed by atoms with van der Waals surface area (Å²) in [5.41, 5.74) is 2.44. The molecule has 1 amide bonds. The van der Waals surface area contributed by atoms with Crippen LogP contribution in [0.2, 0.25) is 0 Å². The van der Waals surface area contributed by atoms with E-state index in [0.29, 0.717) is 29.7 Å². The zero-order valence-electron chi connectivity index (χ0n) is 20.1. The van der Waals surface area contributed by atoms with Gasteiger partial charge in [0, 0.05) is 18.7 Å². The van der Waals surface area contributed by atoms with Crippen LogP contribution in [-0.4, -0.2) is 36.7 Å². The monoisotopic (exact) mass is 487 g/mol. The van der Waals surface area contributed by atoms with Crippen molar-refractivity contribution in [3.8, 4) is 0 Å². The van der Waals surface area contributed by atoms with Crippen LogP contribution >= 0.6 is 11.3 Å². The molecule has 0 aliphatic heterocycles. The molecule has 6 nitrogen and oxygen atoms in total. The fourth-order valence-corrected chi connectivity index (χ4v) is 6.33. The third-order valence-electron chi connectivity index (χ3n) is 5.18. The standard InChI is InChI=1S/C25H33N3O3S2/c1-16(2)14-28(15-17(3)4)33(30,31)20-12-10-19(11-13-20)24(29)27-25-26-23-21(18(5)6)8-7-9-22(23)32-25/h7-13,16-18H,14-15H2,1-6H3,(H,26,27,29). The Hall–Kier alpha value is -2.29. The summed E-state index contributed by atoms with van der Waals surface area (Å²) in [5.74, 6) is 0.451. The third-order valence-corrected chi connectivity index (χ3v) is 7.97. The molecule has 0 unspecified atom stereocenters. The maximum Gasteiger partial charge on any atom is 0.257 e. The number of carbonyl (C=O) groups excluding carboxylic acids is 1. The Labute approximate surface area is 201 Å². The second-order valence-corrected chi connectivity index (χ2v) is 12.4. The number of anilines is 1. The maximum atomic E-state index is 13.2. The van der Waals surface area contributed by atoms with E-state index in [-0.39, 0.29) is 22.6 Å². The quantitative estimate of drug-likeness (QED) is 0.403. The summed E-state index contributed by atoms with van der Waals surface area (Å²) in [6.45, 7) is 13.2. The zero-order valence-corrected chi connectivity index (χ0v) is 21.8. The van der Waals surface area contributed by atoms with E-state index in [1.165, 1.54) is 27.8 Å². The number of nitrogens with zero attached hydrogens (tertiary/aromatic N) is 2. The van der Waals surface area contributed by atoms with Crippen molar-refractivity contribution in [1.29, 1.82) is 0 Å². The summed E-state index contributed by atoms with van der Waals surface area (Å²) in [7, 11) is -3.63. The summed E-state index contributed by atoms with van der Waals surface area (Å²) in [5, 5.41) is 3.38. The molecule has 1 N–H and O–H groups in total. The van der Waals surface area contributed by atoms with Gasteiger partial charge in [-0.05, 0) is 53.6 Å². The van der Waals surface area contributed by atoms with Crippen molar-refractivity contribution in [1.82, 2.24) is 9.29 Å². The highest BCUT2D eigenvalue weighted by Gasteiger charge is 2.26. The molecule has 0 saturated heterocycles. The lowest BCUT2D eigenvalue weighted by molar-refractivity contribution is 0.102. The molecule has 1 heterocycles. The second-order valence-electron chi connectivity index (χ2n) is 9.46. The first-order valence-corrected chi connectivity index (χ1v) is 13.6. The van der Waals surface area contributed by atoms with Gasteiger partial charge in [0.2, 0.25) is 10.0 Å². The number of amides is 1. The maximum absolute atomic E-state index is 13.2. The Bertz CT molecular complexity index is 1200. The fourth-order valence-electron chi connectivity index (χ4n) is 3.67. The number of benzene rings is 2. The Balaban J connectivity index is 1.80. The number of rotatable bonds is 9. The minimum absolute atomic E-state index is 0.196. The molecule has 0 aliphatic rings. The van der Waals surface area contributed by atoms with Crippen LogP contribution in [0.5, 0.6) is 0 Å². The highest BCUT2D eigenvalue weighted by Crippen LogP contribution is 2.32. The van der Waals surface area contributed by atoms with Crippen LogP contribution in [0.15, 0.2) is 47.4 Å². The highest BCUT2D eigenvalue weighted by molar-refractivity contribution is 7.89. The van der Waals surface area contributed by atoms with E-state index in [1.807, 2.05) is 39.8 Å². The van der Waals surface area contributed by atoms with E-state index < -0.39 is 10.0 Å². The van der Waals surface area contributed by atoms with Gasteiger partial charge in [-0.15, -0.1) is 0 Å². The molecule has 0 atom stereocenters. The Kier molecular flexibility index (Phi) is 7.92. The molecule has 0 bridgehead atoms. The molecule has 1 aromatic heterocycles. The molecule has 0 radical (unpaired) electrons. The van der Waals surface area contributed by atoms with Crippen LogP contribution in [0.1, 0.15) is 63.4 Å². The van der Waals surface area contributed by atoms with Gasteiger partial charge in [0.25, 0.3) is 5.91 Å². The van der Waals surface area contributed by atoms with Crippen LogP contribution in [0.4, 0.5) is 5.13 Å². The van der Waals surface area contributed by atoms with Gasteiger partial charge in [-0.25, -0.2) is 13.4 Å². The van der Waals surface area contributed by atoms with E-state index in [9.17, 15) is 13.2 Å². The predicted octanol–water partition coefficient (Wildman–Crippen LogP) is 5.97. The van der Waals surface area contributed by atoms with Crippen molar-refractivity contribution in [3.63, 3.8) is 0 Å². The smallest absolute Gasteiger partial charge is 0.257 e. The van der Waals surface area contributed by atoms with E-state index in [2.05, 4.69) is 30.2 Å². The first-order chi connectivity index (χ1) is 15.5. The first-order valence-electron chi connectivity index (χ1n) is 11.3. The number of hydrogen-bond donors (Lipinski definition) is 1. The van der Waals surface area contributed by atoms with E-state index in [1.54, 1.807) is 12.1 Å². The summed E-state index contributed by atoms with van der Waals surface area (Å²) in [4.78, 5) is 17.6. The molecular formula is C25H33N3O3S2. The lowest BCUT2D eigenvalue weighted by atomic mass is 10.0. The lowest BCUT2D eigenvalue weighted by Crippen LogP contribution is -2.37. The number of nitrogens with one attached hydrogen (secondary N) is 1. The van der Waals surface area contributed by atoms with Crippen LogP contribution in [-0.2, 0) is 10.0 Å². The van der Waals surface area contributed by atoms with E-state index in [0.717, 1.165) is 15.8 Å². The van der Waals surface area contributed by atoms with Crippen LogP contribution in [0, 0.1) is 11.8 Å². The number of hydrogen-bond acceptors (Lipinski definition) is 5. The minimum Gasteiger partial charge on any atom is -0.298 e. The number of para-hydroxylation sites is 1. The number of carbonyl (C=O) groups is 1. The molecule has 3 rings (SSSR count). The van der Waals surface area contributed by atoms with Crippen molar-refractivity contribution in [2.24, 2.45) is 11.8 Å². The zero-order chi connectivity index (χ0) is 24.3. The average Bonchev–Trinajstić information content (AvgIpc) is 3.14. The molecule has 33 heavy (non-hydrogen) atoms. The number of aromatic nitrogens is 1. The molecule has 3 aromatic rings. The lowest BCUT2D eigenvalue weighted by Gasteiger charge is -2.25. The first kappa shape index (κ1) is 25.3. The van der Waals surface area contributed by atoms with Crippen LogP contribution < -0.4 is 5.32 Å². The summed E-state index contributed by atoms with van der Waals surface area (Å²) in [6.07, 6.45) is 0. The molecule has 8 heteroatoms. The molecule has 0 fully saturated rings. The molecule has 0 saturated carbocycles. The fraction of sp³-hybridized carbons (Fsp3) is 0.440. The van der Waals surface area contributed by atoms with Crippen LogP contribution in [0.25, 0.3) is 10.2 Å². The van der Waals surface area contributed by atoms with Crippen molar-refractivity contribution >= 4 is 42.6 Å². The predicted molar refractivity (Wildman–Crippen MR) is 137 cm³/mol. The summed E-state index contributed by atoms with van der Waals surface area (Å²) < 4.78 is 28.9. The molecule has 2 aromatic carbocycles. The minimum atomic E-state index is -3.63. The van der Waals surface area contributed by atoms with Gasteiger partial charge in [-0.1, -0.05) is 65.0 Å². The molecule has 0 aliphatic carbocycles. The second kappa shape index (κ2) is 10.3. The number of sulfonamides is 1. The number of thiazole rings is 1. The van der Waals surface area contributed by atoms with Gasteiger partial charge < -0.3 is 0 Å². The summed E-state index contributed by atoms with van der Waals surface area (Å²) in [6, 6.07) is 12.2. The topological polar surface area (TPSA) is 79.4 Å². The van der Waals surface area contributed by atoms with Crippen molar-refractivity contribution in [3.05, 3.63) is 53.6 Å². The van der Waals surface area contributed by atoms with Gasteiger partial charge >= 0.3 is 0 Å². The highest BCUT2D eigenvalue weighted by atomic mass is 32.2. The Morgan fingerprint density at radius 2 is 1.58 bits per heavy atom. The number of fused-ring (bicyclic) bond motifs is 1. The van der Waals surface area contributed by atoms with E-state index >= 15 is 0 Å². The Morgan fingerprint density at radius 3 is 2.12 bits per heavy atom. The SMILES string of the molecule is CC(C)CN(CC(C)C)S(=O)(=O)c1ccc(C(=O)Nc2nc3c(C(C)C)cccc3s2)cc1. The Morgan fingerprint density at radius 1 is 0.970 bits per heavy atom. The molecule has 0 spiro atoms. The van der Waals surface area contributed by atoms with Crippen molar-refractivity contribution in [2.75, 3.05) is 18.4 Å². The van der Waals surface area contributed by atoms with Gasteiger partial charge in [0.1, 0.15) is 0 Å². The molecule has 178 valence electrons. The summed E-state index contributed by atoms with van der Waals surface area (Å²) >= 11 is 1.43. The van der Waals surface area contributed by atoms with Crippen molar-refractivity contribution in [2.45, 2.75) is 52.4 Å². The average molecular weight is 488 g/mol. The van der Waals surface area contributed by atoms with Gasteiger partial charge in [-0.3, -0.25) is 10.1 Å². The van der Waals surface area contributed by atoms with Gasteiger partial charge in [-0.2, -0.15) is 4.31 Å². The van der Waals surface area contributed by atoms with Crippen molar-refractivity contribution < 1.29 is 13.2 Å². The molecular weight excluding hydrogens is 454 g/mol. The van der Waals surface area contributed by atoms with Gasteiger partial charge in [0.05, 0.1) is 15.1 Å². The third kappa shape index (κ3) is 5.99. The largest absolute Gasteiger partial charge is 0.298 e. The normalized spacial score (nSPS) is 12.4. The van der Waals surface area contributed by atoms with E-state index in [4.69, 9.17) is 0 Å².